The summed E-state index contributed by atoms with van der Waals surface area (Å²) in [4.78, 5) is 2.38. The zero-order chi connectivity index (χ0) is 9.03. The quantitative estimate of drug-likeness (QED) is 0.796. The van der Waals surface area contributed by atoms with Gasteiger partial charge >= 0.3 is 0 Å². The number of hydrogen-bond acceptors (Lipinski definition) is 3. The van der Waals surface area contributed by atoms with Crippen molar-refractivity contribution >= 4 is 24.8 Å². The average molecular weight is 240 g/mol. The van der Waals surface area contributed by atoms with Crippen LogP contribution in [0.4, 0.5) is 0 Å². The number of likely N-dealkylation sites (tertiary alicyclic amines) is 1. The number of hydrogen-bond donors (Lipinski definition) is 1. The van der Waals surface area contributed by atoms with Gasteiger partial charge in [0.25, 0.3) is 0 Å². The van der Waals surface area contributed by atoms with Gasteiger partial charge in [-0.2, -0.15) is 5.26 Å². The summed E-state index contributed by atoms with van der Waals surface area (Å²) in [7, 11) is 0. The molecule has 0 saturated carbocycles. The first-order chi connectivity index (χ1) is 5.70. The lowest BCUT2D eigenvalue weighted by molar-refractivity contribution is 0.189. The van der Waals surface area contributed by atoms with Gasteiger partial charge in [-0.25, -0.2) is 0 Å². The Hall–Kier alpha value is -0.0100. The third-order valence-electron chi connectivity index (χ3n) is 2.51. The van der Waals surface area contributed by atoms with Crippen LogP contribution in [0.25, 0.3) is 0 Å². The molecule has 1 rings (SSSR count). The second kappa shape index (κ2) is 7.30. The normalized spacial score (nSPS) is 20.1. The van der Waals surface area contributed by atoms with Crippen molar-refractivity contribution in [1.82, 2.24) is 4.90 Å². The lowest BCUT2D eigenvalue weighted by atomic mass is 9.90. The van der Waals surface area contributed by atoms with Crippen molar-refractivity contribution in [2.75, 3.05) is 19.6 Å². The maximum atomic E-state index is 8.77. The lowest BCUT2D eigenvalue weighted by Crippen LogP contribution is -2.49. The Morgan fingerprint density at radius 1 is 1.36 bits per heavy atom. The summed E-state index contributed by atoms with van der Waals surface area (Å²) in [6.07, 6.45) is 2.83. The van der Waals surface area contributed by atoms with Crippen LogP contribution in [0.1, 0.15) is 26.2 Å². The molecule has 0 aliphatic carbocycles. The molecule has 0 atom stereocenters. The van der Waals surface area contributed by atoms with E-state index in [9.17, 15) is 0 Å². The summed E-state index contributed by atoms with van der Waals surface area (Å²) in [5, 5.41) is 8.77. The minimum atomic E-state index is -0.537. The highest BCUT2D eigenvalue weighted by atomic mass is 35.5. The van der Waals surface area contributed by atoms with E-state index in [0.717, 1.165) is 32.5 Å². The Morgan fingerprint density at radius 2 is 1.86 bits per heavy atom. The van der Waals surface area contributed by atoms with Gasteiger partial charge in [-0.1, -0.05) is 6.92 Å². The molecule has 1 fully saturated rings. The summed E-state index contributed by atoms with van der Waals surface area (Å²) in [5.74, 6) is 0. The molecule has 2 N–H and O–H groups in total. The van der Waals surface area contributed by atoms with E-state index in [-0.39, 0.29) is 24.8 Å². The zero-order valence-electron chi connectivity index (χ0n) is 8.53. The monoisotopic (exact) mass is 239 g/mol. The number of piperidine rings is 1. The zero-order valence-corrected chi connectivity index (χ0v) is 10.2. The Kier molecular flexibility index (Phi) is 8.57. The van der Waals surface area contributed by atoms with E-state index < -0.39 is 5.54 Å². The van der Waals surface area contributed by atoms with Crippen LogP contribution < -0.4 is 5.73 Å². The van der Waals surface area contributed by atoms with Gasteiger partial charge in [-0.05, 0) is 25.8 Å². The van der Waals surface area contributed by atoms with Crippen molar-refractivity contribution in [3.63, 3.8) is 0 Å². The predicted molar refractivity (Wildman–Crippen MR) is 63.0 cm³/mol. The molecular weight excluding hydrogens is 221 g/mol. The Balaban J connectivity index is 0. The van der Waals surface area contributed by atoms with Crippen molar-refractivity contribution in [3.8, 4) is 6.07 Å². The second-order valence-corrected chi connectivity index (χ2v) is 3.61. The number of nitriles is 1. The minimum absolute atomic E-state index is 0. The SMILES string of the molecule is CCCN1CCC(N)(C#N)CC1.Cl.Cl. The van der Waals surface area contributed by atoms with Gasteiger partial charge in [-0.15, -0.1) is 24.8 Å². The molecule has 14 heavy (non-hydrogen) atoms. The van der Waals surface area contributed by atoms with Crippen molar-refractivity contribution in [3.05, 3.63) is 0 Å². The van der Waals surface area contributed by atoms with Crippen molar-refractivity contribution in [2.45, 2.75) is 31.7 Å². The molecule has 0 aromatic rings. The van der Waals surface area contributed by atoms with Crippen LogP contribution in [-0.4, -0.2) is 30.1 Å². The summed E-state index contributed by atoms with van der Waals surface area (Å²) in [6, 6.07) is 2.19. The number of nitrogens with two attached hydrogens (primary N) is 1. The van der Waals surface area contributed by atoms with Crippen LogP contribution in [0.15, 0.2) is 0 Å². The summed E-state index contributed by atoms with van der Waals surface area (Å²) >= 11 is 0. The van der Waals surface area contributed by atoms with Crippen LogP contribution in [0, 0.1) is 11.3 Å². The van der Waals surface area contributed by atoms with Crippen LogP contribution in [0.5, 0.6) is 0 Å². The van der Waals surface area contributed by atoms with E-state index in [1.54, 1.807) is 0 Å². The Morgan fingerprint density at radius 3 is 2.21 bits per heavy atom. The van der Waals surface area contributed by atoms with Crippen molar-refractivity contribution < 1.29 is 0 Å². The van der Waals surface area contributed by atoms with Crippen molar-refractivity contribution in [1.29, 1.82) is 5.26 Å². The van der Waals surface area contributed by atoms with E-state index in [2.05, 4.69) is 17.9 Å². The first-order valence-electron chi connectivity index (χ1n) is 4.63. The molecule has 5 heteroatoms. The smallest absolute Gasteiger partial charge is 0.106 e. The summed E-state index contributed by atoms with van der Waals surface area (Å²) in [5.41, 5.74) is 5.29. The lowest BCUT2D eigenvalue weighted by Gasteiger charge is -2.34. The van der Waals surface area contributed by atoms with E-state index in [4.69, 9.17) is 11.0 Å². The molecule has 1 aliphatic heterocycles. The first kappa shape index (κ1) is 16.4. The third-order valence-corrected chi connectivity index (χ3v) is 2.51. The fourth-order valence-electron chi connectivity index (χ4n) is 1.60. The fourth-order valence-corrected chi connectivity index (χ4v) is 1.60. The fraction of sp³-hybridized carbons (Fsp3) is 0.889. The van der Waals surface area contributed by atoms with Gasteiger partial charge < -0.3 is 10.6 Å². The van der Waals surface area contributed by atoms with E-state index >= 15 is 0 Å². The number of halogens is 2. The predicted octanol–water partition coefficient (Wildman–Crippen LogP) is 1.56. The molecule has 0 unspecified atom stereocenters. The number of rotatable bonds is 2. The molecule has 0 spiro atoms. The molecule has 0 bridgehead atoms. The topological polar surface area (TPSA) is 53.0 Å². The molecule has 84 valence electrons. The maximum Gasteiger partial charge on any atom is 0.106 e. The molecule has 0 radical (unpaired) electrons. The van der Waals surface area contributed by atoms with E-state index in [1.165, 1.54) is 6.42 Å². The van der Waals surface area contributed by atoms with E-state index in [1.807, 2.05) is 0 Å². The first-order valence-corrected chi connectivity index (χ1v) is 4.63. The van der Waals surface area contributed by atoms with Crippen LogP contribution in [0.3, 0.4) is 0 Å². The molecule has 1 saturated heterocycles. The van der Waals surface area contributed by atoms with Gasteiger partial charge in [0.05, 0.1) is 6.07 Å². The molecular formula is C9H19Cl2N3. The van der Waals surface area contributed by atoms with E-state index in [0.29, 0.717) is 0 Å². The third kappa shape index (κ3) is 4.47. The molecule has 0 amide bonds. The molecule has 0 aromatic carbocycles. The highest BCUT2D eigenvalue weighted by molar-refractivity contribution is 5.85. The van der Waals surface area contributed by atoms with Gasteiger partial charge in [0.15, 0.2) is 0 Å². The minimum Gasteiger partial charge on any atom is -0.313 e. The maximum absolute atomic E-state index is 8.77. The average Bonchev–Trinajstić information content (AvgIpc) is 2.10. The Bertz CT molecular complexity index is 183. The van der Waals surface area contributed by atoms with Gasteiger partial charge in [0.1, 0.15) is 5.54 Å². The van der Waals surface area contributed by atoms with Crippen LogP contribution >= 0.6 is 24.8 Å². The van der Waals surface area contributed by atoms with Crippen LogP contribution in [-0.2, 0) is 0 Å². The summed E-state index contributed by atoms with van der Waals surface area (Å²) < 4.78 is 0. The molecule has 1 heterocycles. The highest BCUT2D eigenvalue weighted by Crippen LogP contribution is 2.18. The standard InChI is InChI=1S/C9H17N3.2ClH/c1-2-5-12-6-3-9(11,8-10)4-7-12;;/h2-7,11H2,1H3;2*1H. The molecule has 3 nitrogen and oxygen atoms in total. The highest BCUT2D eigenvalue weighted by Gasteiger charge is 2.29. The second-order valence-electron chi connectivity index (χ2n) is 3.61. The molecule has 0 aromatic heterocycles. The Labute approximate surface area is 98.5 Å². The summed E-state index contributed by atoms with van der Waals surface area (Å²) in [6.45, 7) is 5.28. The van der Waals surface area contributed by atoms with Gasteiger partial charge in [0.2, 0.25) is 0 Å². The molecule has 1 aliphatic rings. The van der Waals surface area contributed by atoms with Gasteiger partial charge in [-0.3, -0.25) is 0 Å². The van der Waals surface area contributed by atoms with Gasteiger partial charge in [0, 0.05) is 13.1 Å². The van der Waals surface area contributed by atoms with Crippen molar-refractivity contribution in [2.24, 2.45) is 5.73 Å². The van der Waals surface area contributed by atoms with Crippen LogP contribution in [0.2, 0.25) is 0 Å². The number of nitrogens with zero attached hydrogens (tertiary/aromatic N) is 2. The largest absolute Gasteiger partial charge is 0.313 e.